The smallest absolute Gasteiger partial charge is 0.119 e. The van der Waals surface area contributed by atoms with Crippen molar-refractivity contribution in [1.82, 2.24) is 0 Å². The van der Waals surface area contributed by atoms with Gasteiger partial charge in [0, 0.05) is 23.8 Å². The van der Waals surface area contributed by atoms with Crippen molar-refractivity contribution in [2.24, 2.45) is 5.73 Å². The molecule has 0 fully saturated rings. The highest BCUT2D eigenvalue weighted by Gasteiger charge is 2.06. The molecule has 16 heavy (non-hydrogen) atoms. The Morgan fingerprint density at radius 2 is 2.25 bits per heavy atom. The molecule has 1 aromatic carbocycles. The number of nitrogens with two attached hydrogens (primary N) is 1. The van der Waals surface area contributed by atoms with Gasteiger partial charge in [-0.05, 0) is 25.1 Å². The summed E-state index contributed by atoms with van der Waals surface area (Å²) in [6.45, 7) is 3.25. The second-order valence-electron chi connectivity index (χ2n) is 3.30. The Morgan fingerprint density at radius 1 is 1.44 bits per heavy atom. The van der Waals surface area contributed by atoms with E-state index >= 15 is 0 Å². The fraction of sp³-hybridized carbons (Fsp3) is 0.500. The topological polar surface area (TPSA) is 44.5 Å². The first-order valence-corrected chi connectivity index (χ1v) is 6.37. The molecule has 0 spiro atoms. The third kappa shape index (κ3) is 4.43. The van der Waals surface area contributed by atoms with Crippen molar-refractivity contribution in [3.8, 4) is 5.75 Å². The molecule has 0 aromatic heterocycles. The molecule has 2 N–H and O–H groups in total. The number of thioether (sulfide) groups is 1. The van der Waals surface area contributed by atoms with Gasteiger partial charge in [-0.15, -0.1) is 11.8 Å². The van der Waals surface area contributed by atoms with E-state index in [4.69, 9.17) is 15.2 Å². The van der Waals surface area contributed by atoms with Crippen LogP contribution >= 0.6 is 11.8 Å². The maximum Gasteiger partial charge on any atom is 0.119 e. The summed E-state index contributed by atoms with van der Waals surface area (Å²) in [5, 5.41) is 0. The Morgan fingerprint density at radius 3 is 2.88 bits per heavy atom. The van der Waals surface area contributed by atoms with Crippen LogP contribution in [-0.2, 0) is 4.74 Å². The zero-order valence-electron chi connectivity index (χ0n) is 9.81. The van der Waals surface area contributed by atoms with Gasteiger partial charge in [0.05, 0.1) is 13.2 Å². The standard InChI is InChI=1S/C12H19NO2S/c1-3-15-11(8-13)9-16-12-6-4-5-10(7-12)14-2/h4-7,11H,3,8-9,13H2,1-2H3. The van der Waals surface area contributed by atoms with Gasteiger partial charge >= 0.3 is 0 Å². The van der Waals surface area contributed by atoms with E-state index in [2.05, 4.69) is 6.07 Å². The number of benzene rings is 1. The number of rotatable bonds is 7. The van der Waals surface area contributed by atoms with Crippen molar-refractivity contribution in [3.05, 3.63) is 24.3 Å². The average molecular weight is 241 g/mol. The van der Waals surface area contributed by atoms with Crippen molar-refractivity contribution in [3.63, 3.8) is 0 Å². The van der Waals surface area contributed by atoms with E-state index in [0.717, 1.165) is 11.5 Å². The van der Waals surface area contributed by atoms with E-state index in [1.807, 2.05) is 25.1 Å². The van der Waals surface area contributed by atoms with E-state index in [1.165, 1.54) is 4.90 Å². The Hall–Kier alpha value is -0.710. The van der Waals surface area contributed by atoms with Gasteiger partial charge in [0.2, 0.25) is 0 Å². The van der Waals surface area contributed by atoms with Gasteiger partial charge in [0.25, 0.3) is 0 Å². The van der Waals surface area contributed by atoms with E-state index in [0.29, 0.717) is 13.2 Å². The molecular weight excluding hydrogens is 222 g/mol. The molecule has 0 aliphatic carbocycles. The monoisotopic (exact) mass is 241 g/mol. The van der Waals surface area contributed by atoms with Crippen LogP contribution in [0, 0.1) is 0 Å². The summed E-state index contributed by atoms with van der Waals surface area (Å²) in [4.78, 5) is 1.18. The number of hydrogen-bond donors (Lipinski definition) is 1. The minimum absolute atomic E-state index is 0.126. The number of ether oxygens (including phenoxy) is 2. The van der Waals surface area contributed by atoms with Crippen LogP contribution < -0.4 is 10.5 Å². The second kappa shape index (κ2) is 7.54. The fourth-order valence-electron chi connectivity index (χ4n) is 1.30. The summed E-state index contributed by atoms with van der Waals surface area (Å²) in [5.41, 5.74) is 5.62. The molecule has 90 valence electrons. The molecule has 0 radical (unpaired) electrons. The summed E-state index contributed by atoms with van der Waals surface area (Å²) in [6, 6.07) is 8.00. The first kappa shape index (κ1) is 13.4. The third-order valence-corrected chi connectivity index (χ3v) is 3.27. The van der Waals surface area contributed by atoms with E-state index in [-0.39, 0.29) is 6.10 Å². The normalized spacial score (nSPS) is 12.4. The van der Waals surface area contributed by atoms with Gasteiger partial charge in [0.1, 0.15) is 5.75 Å². The van der Waals surface area contributed by atoms with Crippen LogP contribution in [0.2, 0.25) is 0 Å². The Kier molecular flexibility index (Phi) is 6.30. The van der Waals surface area contributed by atoms with Gasteiger partial charge in [-0.25, -0.2) is 0 Å². The van der Waals surface area contributed by atoms with Gasteiger partial charge in [-0.1, -0.05) is 6.07 Å². The van der Waals surface area contributed by atoms with E-state index in [1.54, 1.807) is 18.9 Å². The molecule has 0 amide bonds. The van der Waals surface area contributed by atoms with E-state index < -0.39 is 0 Å². The van der Waals surface area contributed by atoms with Gasteiger partial charge in [-0.3, -0.25) is 0 Å². The van der Waals surface area contributed by atoms with Crippen LogP contribution in [0.15, 0.2) is 29.2 Å². The lowest BCUT2D eigenvalue weighted by molar-refractivity contribution is 0.0858. The number of hydrogen-bond acceptors (Lipinski definition) is 4. The molecule has 0 aliphatic heterocycles. The van der Waals surface area contributed by atoms with Crippen molar-refractivity contribution in [2.75, 3.05) is 26.0 Å². The second-order valence-corrected chi connectivity index (χ2v) is 4.40. The molecular formula is C12H19NO2S. The summed E-state index contributed by atoms with van der Waals surface area (Å²) in [6.07, 6.45) is 0.126. The lowest BCUT2D eigenvalue weighted by Gasteiger charge is -2.14. The van der Waals surface area contributed by atoms with E-state index in [9.17, 15) is 0 Å². The quantitative estimate of drug-likeness (QED) is 0.743. The first-order chi connectivity index (χ1) is 7.80. The molecule has 0 bridgehead atoms. The third-order valence-electron chi connectivity index (χ3n) is 2.14. The van der Waals surface area contributed by atoms with Crippen LogP contribution in [0.5, 0.6) is 5.75 Å². The van der Waals surface area contributed by atoms with Crippen LogP contribution in [-0.4, -0.2) is 32.1 Å². The molecule has 0 heterocycles. The van der Waals surface area contributed by atoms with Gasteiger partial charge in [0.15, 0.2) is 0 Å². The maximum absolute atomic E-state index is 5.62. The molecule has 0 aliphatic rings. The van der Waals surface area contributed by atoms with Crippen LogP contribution in [0.25, 0.3) is 0 Å². The minimum atomic E-state index is 0.126. The van der Waals surface area contributed by atoms with Crippen LogP contribution in [0.3, 0.4) is 0 Å². The molecule has 0 saturated heterocycles. The predicted octanol–water partition coefficient (Wildman–Crippen LogP) is 2.15. The molecule has 0 saturated carbocycles. The Labute approximate surface area is 101 Å². The highest BCUT2D eigenvalue weighted by molar-refractivity contribution is 7.99. The average Bonchev–Trinajstić information content (AvgIpc) is 2.34. The SMILES string of the molecule is CCOC(CN)CSc1cccc(OC)c1. The summed E-state index contributed by atoms with van der Waals surface area (Å²) in [5.74, 6) is 1.75. The summed E-state index contributed by atoms with van der Waals surface area (Å²) < 4.78 is 10.7. The molecule has 3 nitrogen and oxygen atoms in total. The zero-order valence-corrected chi connectivity index (χ0v) is 10.6. The van der Waals surface area contributed by atoms with Crippen molar-refractivity contribution < 1.29 is 9.47 Å². The highest BCUT2D eigenvalue weighted by atomic mass is 32.2. The van der Waals surface area contributed by atoms with Gasteiger partial charge in [-0.2, -0.15) is 0 Å². The molecule has 1 rings (SSSR count). The molecule has 1 atom stereocenters. The highest BCUT2D eigenvalue weighted by Crippen LogP contribution is 2.23. The van der Waals surface area contributed by atoms with Crippen molar-refractivity contribution >= 4 is 11.8 Å². The molecule has 1 aromatic rings. The molecule has 4 heteroatoms. The summed E-state index contributed by atoms with van der Waals surface area (Å²) in [7, 11) is 1.67. The number of methoxy groups -OCH3 is 1. The largest absolute Gasteiger partial charge is 0.497 e. The first-order valence-electron chi connectivity index (χ1n) is 5.38. The van der Waals surface area contributed by atoms with Crippen molar-refractivity contribution in [1.29, 1.82) is 0 Å². The Bertz CT molecular complexity index is 307. The molecule has 1 unspecified atom stereocenters. The van der Waals surface area contributed by atoms with Gasteiger partial charge < -0.3 is 15.2 Å². The van der Waals surface area contributed by atoms with Crippen molar-refractivity contribution in [2.45, 2.75) is 17.9 Å². The van der Waals surface area contributed by atoms with Crippen LogP contribution in [0.1, 0.15) is 6.92 Å². The lowest BCUT2D eigenvalue weighted by atomic mass is 10.3. The summed E-state index contributed by atoms with van der Waals surface area (Å²) >= 11 is 1.74. The fourth-order valence-corrected chi connectivity index (χ4v) is 2.28. The maximum atomic E-state index is 5.62. The minimum Gasteiger partial charge on any atom is -0.497 e. The Balaban J connectivity index is 2.46. The lowest BCUT2D eigenvalue weighted by Crippen LogP contribution is -2.26. The predicted molar refractivity (Wildman–Crippen MR) is 68.2 cm³/mol. The zero-order chi connectivity index (χ0) is 11.8. The van der Waals surface area contributed by atoms with Crippen LogP contribution in [0.4, 0.5) is 0 Å².